The fourth-order valence-electron chi connectivity index (χ4n) is 3.86. The molecule has 2 aromatic carbocycles. The number of aromatic nitrogens is 2. The number of carbonyl (C=O) groups excluding carboxylic acids is 2. The molecule has 0 bridgehead atoms. The second-order valence-electron chi connectivity index (χ2n) is 7.93. The van der Waals surface area contributed by atoms with Crippen LogP contribution in [0.25, 0.3) is 16.9 Å². The van der Waals surface area contributed by atoms with Crippen LogP contribution in [0.2, 0.25) is 0 Å². The summed E-state index contributed by atoms with van der Waals surface area (Å²) < 4.78 is 6.82. The normalized spacial score (nSPS) is 14.9. The van der Waals surface area contributed by atoms with Gasteiger partial charge in [-0.1, -0.05) is 30.3 Å². The van der Waals surface area contributed by atoms with E-state index in [9.17, 15) is 9.59 Å². The fraction of sp³-hybridized carbons (Fsp3) is 0.292. The third kappa shape index (κ3) is 3.85. The van der Waals surface area contributed by atoms with Crippen LogP contribution in [-0.2, 0) is 27.2 Å². The molecule has 6 heteroatoms. The Morgan fingerprint density at radius 3 is 2.63 bits per heavy atom. The van der Waals surface area contributed by atoms with Crippen molar-refractivity contribution in [2.24, 2.45) is 5.92 Å². The number of benzene rings is 2. The highest BCUT2D eigenvalue weighted by Crippen LogP contribution is 2.31. The minimum atomic E-state index is -0.374. The average Bonchev–Trinajstić information content (AvgIpc) is 3.37. The molecule has 0 aliphatic heterocycles. The number of nitrogens with one attached hydrogen (secondary N) is 1. The van der Waals surface area contributed by atoms with Gasteiger partial charge >= 0.3 is 5.97 Å². The Morgan fingerprint density at radius 2 is 1.83 bits per heavy atom. The number of anilines is 1. The number of fused-ring (bicyclic) bond motifs is 1. The van der Waals surface area contributed by atoms with E-state index in [0.717, 1.165) is 42.6 Å². The Hall–Kier alpha value is -3.41. The maximum Gasteiger partial charge on any atom is 0.309 e. The first kappa shape index (κ1) is 18.6. The Balaban J connectivity index is 1.41. The van der Waals surface area contributed by atoms with Crippen molar-refractivity contribution in [1.29, 1.82) is 0 Å². The highest BCUT2D eigenvalue weighted by molar-refractivity contribution is 5.93. The molecule has 6 nitrogen and oxygen atoms in total. The van der Waals surface area contributed by atoms with Crippen LogP contribution < -0.4 is 5.32 Å². The SMILES string of the molecule is O=C(COC(=O)C1CC1)Nc1cc(-c2ccc3c(c2)CCC3)nn1-c1ccccc1. The molecule has 3 aromatic rings. The van der Waals surface area contributed by atoms with Crippen molar-refractivity contribution >= 4 is 17.7 Å². The molecule has 0 saturated heterocycles. The second-order valence-corrected chi connectivity index (χ2v) is 7.93. The molecule has 0 spiro atoms. The van der Waals surface area contributed by atoms with Crippen molar-refractivity contribution in [2.45, 2.75) is 32.1 Å². The first-order valence-corrected chi connectivity index (χ1v) is 10.4. The van der Waals surface area contributed by atoms with Gasteiger partial charge in [0.15, 0.2) is 6.61 Å². The maximum atomic E-state index is 12.4. The number of hydrogen-bond acceptors (Lipinski definition) is 4. The number of aryl methyl sites for hydroxylation is 2. The van der Waals surface area contributed by atoms with Crippen LogP contribution >= 0.6 is 0 Å². The van der Waals surface area contributed by atoms with Gasteiger partial charge in [-0.25, -0.2) is 4.68 Å². The molecule has 152 valence electrons. The first-order valence-electron chi connectivity index (χ1n) is 10.4. The van der Waals surface area contributed by atoms with Crippen LogP contribution in [0.5, 0.6) is 0 Å². The van der Waals surface area contributed by atoms with Crippen molar-refractivity contribution < 1.29 is 14.3 Å². The predicted octanol–water partition coefficient (Wildman–Crippen LogP) is 3.92. The molecule has 1 aromatic heterocycles. The molecular formula is C24H23N3O3. The summed E-state index contributed by atoms with van der Waals surface area (Å²) in [5, 5.41) is 7.61. The zero-order valence-electron chi connectivity index (χ0n) is 16.6. The lowest BCUT2D eigenvalue weighted by atomic mass is 10.0. The molecular weight excluding hydrogens is 378 g/mol. The van der Waals surface area contributed by atoms with Crippen LogP contribution in [0.4, 0.5) is 5.82 Å². The van der Waals surface area contributed by atoms with E-state index in [-0.39, 0.29) is 24.4 Å². The molecule has 1 fully saturated rings. The molecule has 1 heterocycles. The number of para-hydroxylation sites is 1. The van der Waals surface area contributed by atoms with E-state index in [4.69, 9.17) is 9.84 Å². The van der Waals surface area contributed by atoms with Gasteiger partial charge in [0.25, 0.3) is 5.91 Å². The third-order valence-corrected chi connectivity index (χ3v) is 5.63. The van der Waals surface area contributed by atoms with Gasteiger partial charge in [0.2, 0.25) is 0 Å². The first-order chi connectivity index (χ1) is 14.7. The lowest BCUT2D eigenvalue weighted by Gasteiger charge is -2.09. The molecule has 1 N–H and O–H groups in total. The largest absolute Gasteiger partial charge is 0.455 e. The van der Waals surface area contributed by atoms with Gasteiger partial charge in [-0.3, -0.25) is 9.59 Å². The van der Waals surface area contributed by atoms with Crippen molar-refractivity contribution in [3.05, 3.63) is 65.7 Å². The molecule has 30 heavy (non-hydrogen) atoms. The Labute approximate surface area is 174 Å². The minimum absolute atomic E-state index is 0.0286. The number of esters is 1. The molecule has 2 aliphatic rings. The third-order valence-electron chi connectivity index (χ3n) is 5.63. The zero-order chi connectivity index (χ0) is 20.5. The summed E-state index contributed by atoms with van der Waals surface area (Å²) in [5.41, 5.74) is 5.45. The summed E-state index contributed by atoms with van der Waals surface area (Å²) in [4.78, 5) is 24.1. The summed E-state index contributed by atoms with van der Waals surface area (Å²) in [5.74, 6) is -0.148. The Bertz CT molecular complexity index is 1100. The molecule has 0 unspecified atom stereocenters. The summed E-state index contributed by atoms with van der Waals surface area (Å²) in [6.45, 7) is -0.288. The van der Waals surface area contributed by atoms with E-state index in [1.54, 1.807) is 4.68 Å². The zero-order valence-corrected chi connectivity index (χ0v) is 16.6. The van der Waals surface area contributed by atoms with Gasteiger partial charge in [-0.15, -0.1) is 0 Å². The van der Waals surface area contributed by atoms with Crippen molar-refractivity contribution in [3.8, 4) is 16.9 Å². The number of rotatable bonds is 6. The van der Waals surface area contributed by atoms with Crippen LogP contribution in [0.15, 0.2) is 54.6 Å². The quantitative estimate of drug-likeness (QED) is 0.636. The molecule has 0 atom stereocenters. The van der Waals surface area contributed by atoms with E-state index in [0.29, 0.717) is 5.82 Å². The standard InChI is InChI=1S/C24H23N3O3/c28-23(15-30-24(29)17-10-11-17)25-22-14-21(26-27(22)20-7-2-1-3-8-20)19-12-9-16-5-4-6-18(16)13-19/h1-3,7-9,12-14,17H,4-6,10-11,15H2,(H,25,28). The maximum absolute atomic E-state index is 12.4. The molecule has 1 amide bonds. The van der Waals surface area contributed by atoms with E-state index >= 15 is 0 Å². The smallest absolute Gasteiger partial charge is 0.309 e. The van der Waals surface area contributed by atoms with Gasteiger partial charge in [0.1, 0.15) is 5.82 Å². The van der Waals surface area contributed by atoms with Gasteiger partial charge in [0.05, 0.1) is 17.3 Å². The lowest BCUT2D eigenvalue weighted by Crippen LogP contribution is -2.22. The minimum Gasteiger partial charge on any atom is -0.455 e. The van der Waals surface area contributed by atoms with E-state index in [1.807, 2.05) is 36.4 Å². The lowest BCUT2D eigenvalue weighted by molar-refractivity contribution is -0.148. The second kappa shape index (κ2) is 7.78. The summed E-state index contributed by atoms with van der Waals surface area (Å²) in [6.07, 6.45) is 5.13. The van der Waals surface area contributed by atoms with Crippen LogP contribution in [0, 0.1) is 5.92 Å². The van der Waals surface area contributed by atoms with Gasteiger partial charge in [-0.05, 0) is 61.4 Å². The van der Waals surface area contributed by atoms with Gasteiger partial charge in [-0.2, -0.15) is 5.10 Å². The molecule has 5 rings (SSSR count). The van der Waals surface area contributed by atoms with Gasteiger partial charge in [0, 0.05) is 11.6 Å². The van der Waals surface area contributed by atoms with Crippen molar-refractivity contribution in [2.75, 3.05) is 11.9 Å². The summed E-state index contributed by atoms with van der Waals surface area (Å²) in [7, 11) is 0. The Kier molecular flexibility index (Phi) is 4.83. The number of ether oxygens (including phenoxy) is 1. The number of nitrogens with zero attached hydrogens (tertiary/aromatic N) is 2. The molecule has 1 saturated carbocycles. The molecule has 2 aliphatic carbocycles. The van der Waals surface area contributed by atoms with E-state index in [2.05, 4.69) is 23.5 Å². The van der Waals surface area contributed by atoms with E-state index in [1.165, 1.54) is 17.5 Å². The molecule has 0 radical (unpaired) electrons. The van der Waals surface area contributed by atoms with Crippen LogP contribution in [-0.4, -0.2) is 28.3 Å². The highest BCUT2D eigenvalue weighted by Gasteiger charge is 2.31. The monoisotopic (exact) mass is 401 g/mol. The van der Waals surface area contributed by atoms with Crippen molar-refractivity contribution in [1.82, 2.24) is 9.78 Å². The van der Waals surface area contributed by atoms with Crippen LogP contribution in [0.3, 0.4) is 0 Å². The highest BCUT2D eigenvalue weighted by atomic mass is 16.5. The Morgan fingerprint density at radius 1 is 1.03 bits per heavy atom. The van der Waals surface area contributed by atoms with Crippen LogP contribution in [0.1, 0.15) is 30.4 Å². The number of hydrogen-bond donors (Lipinski definition) is 1. The van der Waals surface area contributed by atoms with Gasteiger partial charge < -0.3 is 10.1 Å². The van der Waals surface area contributed by atoms with E-state index < -0.39 is 0 Å². The summed E-state index contributed by atoms with van der Waals surface area (Å²) >= 11 is 0. The topological polar surface area (TPSA) is 73.2 Å². The van der Waals surface area contributed by atoms with Crippen molar-refractivity contribution in [3.63, 3.8) is 0 Å². The fourth-order valence-corrected chi connectivity index (χ4v) is 3.86. The number of amides is 1. The summed E-state index contributed by atoms with van der Waals surface area (Å²) in [6, 6.07) is 18.0. The average molecular weight is 401 g/mol. The predicted molar refractivity (Wildman–Crippen MR) is 113 cm³/mol. The number of carbonyl (C=O) groups is 2.